The van der Waals surface area contributed by atoms with Crippen molar-refractivity contribution < 1.29 is 28.6 Å². The molecular weight excluding hydrogens is 414 g/mol. The molecule has 1 aliphatic rings. The monoisotopic (exact) mass is 445 g/mol. The molecule has 0 spiro atoms. The fourth-order valence-electron chi connectivity index (χ4n) is 3.72. The lowest BCUT2D eigenvalue weighted by atomic mass is 9.93. The lowest BCUT2D eigenvalue weighted by Crippen LogP contribution is -2.41. The molecule has 32 heavy (non-hydrogen) atoms. The lowest BCUT2D eigenvalue weighted by Gasteiger charge is -2.30. The van der Waals surface area contributed by atoms with E-state index in [1.165, 1.54) is 0 Å². The third-order valence-electron chi connectivity index (χ3n) is 5.10. The molecule has 1 saturated carbocycles. The van der Waals surface area contributed by atoms with E-state index in [9.17, 15) is 4.79 Å². The molecule has 3 rings (SSSR count). The van der Waals surface area contributed by atoms with Gasteiger partial charge in [0.2, 0.25) is 5.91 Å². The fraction of sp³-hybridized carbons (Fsp3) is 0.522. The van der Waals surface area contributed by atoms with E-state index in [0.717, 1.165) is 48.0 Å². The van der Waals surface area contributed by atoms with Crippen molar-refractivity contribution in [3.8, 4) is 5.75 Å². The molecule has 9 heteroatoms. The molecule has 0 bridgehead atoms. The largest absolute Gasteiger partial charge is 0.490 e. The van der Waals surface area contributed by atoms with E-state index >= 15 is 0 Å². The molecule has 3 N–H and O–H groups in total. The van der Waals surface area contributed by atoms with Gasteiger partial charge < -0.3 is 25.3 Å². The second-order valence-electron chi connectivity index (χ2n) is 7.49. The van der Waals surface area contributed by atoms with Crippen molar-refractivity contribution in [2.24, 2.45) is 0 Å². The number of ether oxygens (including phenoxy) is 3. The van der Waals surface area contributed by atoms with Crippen LogP contribution in [0.5, 0.6) is 5.75 Å². The normalized spacial score (nSPS) is 17.7. The average Bonchev–Trinajstić information content (AvgIpc) is 2.75. The smallest absolute Gasteiger partial charge is 0.373 e. The van der Waals surface area contributed by atoms with Crippen LogP contribution in [-0.2, 0) is 23.9 Å². The number of benzene rings is 1. The first-order valence-electron chi connectivity index (χ1n) is 10.7. The maximum Gasteiger partial charge on any atom is 0.373 e. The summed E-state index contributed by atoms with van der Waals surface area (Å²) in [5.74, 6) is 0.705. The zero-order valence-corrected chi connectivity index (χ0v) is 18.6. The van der Waals surface area contributed by atoms with Gasteiger partial charge in [0.1, 0.15) is 12.4 Å². The Labute approximate surface area is 187 Å². The molecule has 1 fully saturated rings. The number of nitrogens with zero attached hydrogens (tertiary/aromatic N) is 1. The second-order valence-corrected chi connectivity index (χ2v) is 7.49. The number of anilines is 1. The standard InChI is InChI=1S/C22H31N3O4.CO2/c1-3-27-11-12-28-14-21(26)25-16-7-9-17(10-8-16)29-20-6-4-5-19-22(20)18(23)13-15(2)24-19;2-1-3/h4-6,13,16-17H,3,7-12,14H2,1-2H3,(H2,23,24)(H,25,26);. The number of nitrogens with one attached hydrogen (secondary N) is 1. The van der Waals surface area contributed by atoms with Crippen LogP contribution in [-0.4, -0.2) is 55.6 Å². The Morgan fingerprint density at radius 1 is 1.19 bits per heavy atom. The van der Waals surface area contributed by atoms with Crippen molar-refractivity contribution in [2.75, 3.05) is 32.2 Å². The molecule has 0 atom stereocenters. The zero-order chi connectivity index (χ0) is 23.3. The maximum atomic E-state index is 12.0. The first-order valence-corrected chi connectivity index (χ1v) is 10.7. The summed E-state index contributed by atoms with van der Waals surface area (Å²) in [6.45, 7) is 5.54. The molecule has 1 aliphatic carbocycles. The van der Waals surface area contributed by atoms with Crippen molar-refractivity contribution in [2.45, 2.75) is 51.7 Å². The number of nitrogen functional groups attached to an aromatic ring is 1. The van der Waals surface area contributed by atoms with Gasteiger partial charge in [-0.15, -0.1) is 0 Å². The molecule has 1 amide bonds. The highest BCUT2D eigenvalue weighted by Gasteiger charge is 2.24. The van der Waals surface area contributed by atoms with Crippen LogP contribution in [0.15, 0.2) is 24.3 Å². The molecule has 0 aliphatic heterocycles. The Morgan fingerprint density at radius 2 is 1.88 bits per heavy atom. The minimum atomic E-state index is -0.0749. The van der Waals surface area contributed by atoms with Gasteiger partial charge in [-0.1, -0.05) is 6.07 Å². The molecule has 9 nitrogen and oxygen atoms in total. The number of hydrogen-bond acceptors (Lipinski definition) is 8. The van der Waals surface area contributed by atoms with Gasteiger partial charge in [0, 0.05) is 24.0 Å². The van der Waals surface area contributed by atoms with Crippen LogP contribution < -0.4 is 15.8 Å². The predicted octanol–water partition coefficient (Wildman–Crippen LogP) is 2.40. The Hall–Kier alpha value is -3.00. The number of hydrogen-bond donors (Lipinski definition) is 2. The summed E-state index contributed by atoms with van der Waals surface area (Å²) >= 11 is 0. The van der Waals surface area contributed by atoms with Crippen molar-refractivity contribution in [1.29, 1.82) is 0 Å². The van der Waals surface area contributed by atoms with Crippen molar-refractivity contribution in [3.05, 3.63) is 30.0 Å². The van der Waals surface area contributed by atoms with Gasteiger partial charge in [0.05, 0.1) is 30.2 Å². The van der Waals surface area contributed by atoms with E-state index in [-0.39, 0.29) is 30.8 Å². The van der Waals surface area contributed by atoms with Crippen LogP contribution in [0, 0.1) is 6.92 Å². The fourth-order valence-corrected chi connectivity index (χ4v) is 3.72. The van der Waals surface area contributed by atoms with Crippen LogP contribution >= 0.6 is 0 Å². The molecule has 1 heterocycles. The summed E-state index contributed by atoms with van der Waals surface area (Å²) in [5, 5.41) is 3.92. The van der Waals surface area contributed by atoms with Crippen molar-refractivity contribution in [1.82, 2.24) is 10.3 Å². The Morgan fingerprint density at radius 3 is 2.56 bits per heavy atom. The first kappa shape index (κ1) is 25.3. The highest BCUT2D eigenvalue weighted by Crippen LogP contribution is 2.33. The third kappa shape index (κ3) is 7.92. The minimum Gasteiger partial charge on any atom is -0.490 e. The van der Waals surface area contributed by atoms with Crippen LogP contribution in [0.2, 0.25) is 0 Å². The summed E-state index contributed by atoms with van der Waals surface area (Å²) in [5.41, 5.74) is 8.65. The van der Waals surface area contributed by atoms with Gasteiger partial charge in [0.15, 0.2) is 0 Å². The van der Waals surface area contributed by atoms with Gasteiger partial charge in [-0.3, -0.25) is 9.78 Å². The van der Waals surface area contributed by atoms with Gasteiger partial charge in [-0.2, -0.15) is 9.59 Å². The molecule has 0 unspecified atom stereocenters. The molecule has 1 aromatic heterocycles. The van der Waals surface area contributed by atoms with E-state index in [1.54, 1.807) is 0 Å². The number of aryl methyl sites for hydroxylation is 1. The van der Waals surface area contributed by atoms with E-state index in [4.69, 9.17) is 29.5 Å². The highest BCUT2D eigenvalue weighted by molar-refractivity contribution is 5.95. The Bertz CT molecular complexity index is 906. The minimum absolute atomic E-state index is 0.0746. The van der Waals surface area contributed by atoms with Crippen LogP contribution in [0.3, 0.4) is 0 Å². The average molecular weight is 446 g/mol. The SMILES string of the molecule is CCOCCOCC(=O)NC1CCC(Oc2cccc3nc(C)cc(N)c23)CC1.O=C=O. The van der Waals surface area contributed by atoms with Gasteiger partial charge >= 0.3 is 6.15 Å². The van der Waals surface area contributed by atoms with Gasteiger partial charge in [-0.05, 0) is 57.7 Å². The molecule has 1 aromatic carbocycles. The van der Waals surface area contributed by atoms with Crippen LogP contribution in [0.25, 0.3) is 10.9 Å². The summed E-state index contributed by atoms with van der Waals surface area (Å²) in [7, 11) is 0. The van der Waals surface area contributed by atoms with E-state index in [2.05, 4.69) is 10.3 Å². The highest BCUT2D eigenvalue weighted by atomic mass is 16.5. The number of nitrogens with two attached hydrogens (primary N) is 1. The zero-order valence-electron chi connectivity index (χ0n) is 18.6. The molecule has 2 aromatic rings. The lowest BCUT2D eigenvalue weighted by molar-refractivity contribution is -0.191. The van der Waals surface area contributed by atoms with Crippen LogP contribution in [0.4, 0.5) is 5.69 Å². The molecule has 0 radical (unpaired) electrons. The van der Waals surface area contributed by atoms with Crippen LogP contribution in [0.1, 0.15) is 38.3 Å². The van der Waals surface area contributed by atoms with Gasteiger partial charge in [-0.25, -0.2) is 0 Å². The van der Waals surface area contributed by atoms with E-state index in [1.807, 2.05) is 38.1 Å². The number of rotatable bonds is 9. The number of fused-ring (bicyclic) bond motifs is 1. The summed E-state index contributed by atoms with van der Waals surface area (Å²) in [6.07, 6.45) is 3.88. The van der Waals surface area contributed by atoms with E-state index in [0.29, 0.717) is 25.5 Å². The number of pyridine rings is 1. The quantitative estimate of drug-likeness (QED) is 0.563. The molecule has 0 saturated heterocycles. The summed E-state index contributed by atoms with van der Waals surface area (Å²) in [6, 6.07) is 7.89. The first-order chi connectivity index (χ1) is 15.5. The predicted molar refractivity (Wildman–Crippen MR) is 118 cm³/mol. The van der Waals surface area contributed by atoms with Crippen molar-refractivity contribution in [3.63, 3.8) is 0 Å². The molecule has 174 valence electrons. The molecular formula is C23H31N3O6. The van der Waals surface area contributed by atoms with Crippen molar-refractivity contribution >= 4 is 28.6 Å². The topological polar surface area (TPSA) is 130 Å². The number of carbonyl (C=O) groups excluding carboxylic acids is 3. The Balaban J connectivity index is 0.00000114. The number of aromatic nitrogens is 1. The summed E-state index contributed by atoms with van der Waals surface area (Å²) < 4.78 is 16.8. The van der Waals surface area contributed by atoms with Gasteiger partial charge in [0.25, 0.3) is 0 Å². The second kappa shape index (κ2) is 13.4. The number of amides is 1. The Kier molecular flexibility index (Phi) is 10.6. The van der Waals surface area contributed by atoms with E-state index < -0.39 is 0 Å². The third-order valence-corrected chi connectivity index (χ3v) is 5.10. The summed E-state index contributed by atoms with van der Waals surface area (Å²) in [4.78, 5) is 32.8. The maximum absolute atomic E-state index is 12.0. The number of carbonyl (C=O) groups is 1.